The number of aromatic nitrogens is 6. The summed E-state index contributed by atoms with van der Waals surface area (Å²) in [7, 11) is 0. The van der Waals surface area contributed by atoms with Crippen LogP contribution in [-0.4, -0.2) is 61.9 Å². The molecule has 253 valence electrons. The molecule has 8 bridgehead atoms. The summed E-state index contributed by atoms with van der Waals surface area (Å²) in [5.41, 5.74) is 7.32. The molecular weight excluding hydrogens is 784 g/mol. The maximum Gasteiger partial charge on any atom is 2.00 e. The van der Waals surface area contributed by atoms with Crippen molar-refractivity contribution in [2.45, 2.75) is 39.3 Å². The Morgan fingerprint density at radius 1 is 0.451 bits per heavy atom. The van der Waals surface area contributed by atoms with Crippen molar-refractivity contribution >= 4 is 11.9 Å². The summed E-state index contributed by atoms with van der Waals surface area (Å²) in [5, 5.41) is 19.1. The maximum atomic E-state index is 11.6. The molecule has 0 unspecified atom stereocenters. The molecule has 7 rings (SSSR count). The summed E-state index contributed by atoms with van der Waals surface area (Å²) in [6, 6.07) is 33.4. The average molecular weight is 817 g/mol. The number of nitrogens with zero attached hydrogens (tertiary/aromatic N) is 8. The second-order valence-electron chi connectivity index (χ2n) is 12.0. The molecule has 0 amide bonds. The molecule has 0 aromatic carbocycles. The predicted molar refractivity (Wildman–Crippen MR) is 183 cm³/mol. The topological polar surface area (TPSA) is 158 Å². The van der Waals surface area contributed by atoms with Crippen molar-refractivity contribution in [3.8, 4) is 22.8 Å². The van der Waals surface area contributed by atoms with E-state index in [4.69, 9.17) is 19.9 Å². The monoisotopic (exact) mass is 817 g/mol. The molecule has 1 aliphatic heterocycles. The van der Waals surface area contributed by atoms with Gasteiger partial charge in [-0.15, -0.1) is 0 Å². The molecule has 0 aliphatic carbocycles. The molecule has 1 radical (unpaired) electrons. The van der Waals surface area contributed by atoms with Gasteiger partial charge in [0.1, 0.15) is 11.4 Å². The Morgan fingerprint density at radius 2 is 0.745 bits per heavy atom. The Kier molecular flexibility index (Phi) is 11.7. The quantitative estimate of drug-likeness (QED) is 0.218. The Morgan fingerprint density at radius 3 is 1.04 bits per heavy atom. The number of aromatic carboxylic acids is 2. The van der Waals surface area contributed by atoms with E-state index in [0.29, 0.717) is 73.4 Å². The average Bonchev–Trinajstić information content (AvgIpc) is 3.12. The molecule has 0 fully saturated rings. The number of hydrogen-bond donors (Lipinski definition) is 2. The van der Waals surface area contributed by atoms with Gasteiger partial charge in [-0.05, 0) is 72.8 Å². The van der Waals surface area contributed by atoms with Gasteiger partial charge < -0.3 is 10.2 Å². The van der Waals surface area contributed by atoms with Crippen LogP contribution in [0.3, 0.4) is 0 Å². The number of carboxylic acids is 2. The van der Waals surface area contributed by atoms with E-state index >= 15 is 0 Å². The van der Waals surface area contributed by atoms with Gasteiger partial charge in [0.05, 0.1) is 56.9 Å². The van der Waals surface area contributed by atoms with Crippen molar-refractivity contribution < 1.29 is 69.2 Å². The molecule has 0 spiro atoms. The fraction of sp³-hybridized carbons (Fsp3) is 0.158. The fourth-order valence-electron chi connectivity index (χ4n) is 5.92. The van der Waals surface area contributed by atoms with Crippen molar-refractivity contribution in [1.82, 2.24) is 39.7 Å². The standard InChI is InChI=1S/C38H32N8O4.Eu/c47-37(48)35-17-5-11-29(43-35)23-45-19-25-7-1-13-31(39-25)32-14-2-8-26(40-32)21-46(24-30-12-6-18-36(44-30)38(49)50)22-28-10-4-16-34(42-28)33-15-3-9-27(20-45)41-33;/h1-18H,19-24H2,(H,47,48)(H,49,50);/q;+2. The molecule has 0 atom stereocenters. The second-order valence-corrected chi connectivity index (χ2v) is 12.0. The molecule has 7 heterocycles. The van der Waals surface area contributed by atoms with Gasteiger partial charge in [-0.25, -0.2) is 39.5 Å². The molecule has 6 aromatic rings. The fourth-order valence-corrected chi connectivity index (χ4v) is 5.92. The number of hydrogen-bond acceptors (Lipinski definition) is 10. The van der Waals surface area contributed by atoms with Crippen molar-refractivity contribution in [2.75, 3.05) is 0 Å². The van der Waals surface area contributed by atoms with Crippen LogP contribution in [0.5, 0.6) is 0 Å². The molecule has 0 saturated heterocycles. The Bertz CT molecular complexity index is 1950. The third-order valence-electron chi connectivity index (χ3n) is 8.12. The molecule has 51 heavy (non-hydrogen) atoms. The van der Waals surface area contributed by atoms with E-state index in [9.17, 15) is 19.8 Å². The third-order valence-corrected chi connectivity index (χ3v) is 8.12. The van der Waals surface area contributed by atoms with Crippen LogP contribution < -0.4 is 0 Å². The van der Waals surface area contributed by atoms with Crippen LogP contribution in [0.25, 0.3) is 22.8 Å². The molecule has 0 saturated carbocycles. The summed E-state index contributed by atoms with van der Waals surface area (Å²) in [6.07, 6.45) is 0. The number of carbonyl (C=O) groups is 2. The smallest absolute Gasteiger partial charge is 0.477 e. The van der Waals surface area contributed by atoms with E-state index in [1.807, 2.05) is 84.9 Å². The molecule has 12 nitrogen and oxygen atoms in total. The van der Waals surface area contributed by atoms with E-state index in [1.54, 1.807) is 12.1 Å². The van der Waals surface area contributed by atoms with E-state index in [1.165, 1.54) is 12.1 Å². The zero-order chi connectivity index (χ0) is 34.5. The number of rotatable bonds is 6. The zero-order valence-corrected chi connectivity index (χ0v) is 29.7. The number of pyridine rings is 6. The number of fused-ring (bicyclic) bond motifs is 10. The summed E-state index contributed by atoms with van der Waals surface area (Å²) in [6.45, 7) is 2.54. The van der Waals surface area contributed by atoms with Gasteiger partial charge in [-0.3, -0.25) is 9.80 Å². The molecule has 2 N–H and O–H groups in total. The van der Waals surface area contributed by atoms with Gasteiger partial charge in [-0.2, -0.15) is 0 Å². The van der Waals surface area contributed by atoms with E-state index in [0.717, 1.165) is 22.8 Å². The van der Waals surface area contributed by atoms with Crippen molar-refractivity contribution in [3.05, 3.63) is 155 Å². The van der Waals surface area contributed by atoms with Gasteiger partial charge in [0.25, 0.3) is 0 Å². The SMILES string of the molecule is O=C(O)c1cccc(CN2Cc3cccc(n3)-c3cccc(n3)CN(Cc3cccc(C(=O)O)n3)Cc3cccc(n3)-c3cccc(n3)C2)n1.[Eu+2]. The van der Waals surface area contributed by atoms with E-state index < -0.39 is 11.9 Å². The Labute approximate surface area is 334 Å². The molecule has 6 aromatic heterocycles. The first kappa shape index (κ1) is 36.1. The molecule has 1 aliphatic rings. The van der Waals surface area contributed by atoms with Gasteiger partial charge in [0.2, 0.25) is 0 Å². The van der Waals surface area contributed by atoms with Gasteiger partial charge in [0.15, 0.2) is 0 Å². The normalized spacial score (nSPS) is 13.3. The Hall–Kier alpha value is -4.66. The summed E-state index contributed by atoms with van der Waals surface area (Å²) >= 11 is 0. The number of carboxylic acid groups (broad SMARTS) is 2. The minimum atomic E-state index is -1.08. The van der Waals surface area contributed by atoms with Gasteiger partial charge in [-0.1, -0.05) is 36.4 Å². The predicted octanol–water partition coefficient (Wildman–Crippen LogP) is 5.51. The largest absolute Gasteiger partial charge is 2.00 e. The van der Waals surface area contributed by atoms with Crippen LogP contribution in [0.1, 0.15) is 55.1 Å². The van der Waals surface area contributed by atoms with Crippen LogP contribution in [0, 0.1) is 49.4 Å². The molecular formula is C38H32EuN8O4+2. The first-order chi connectivity index (χ1) is 24.3. The van der Waals surface area contributed by atoms with Crippen LogP contribution in [-0.2, 0) is 39.3 Å². The third kappa shape index (κ3) is 9.37. The minimum absolute atomic E-state index is 0. The first-order valence-electron chi connectivity index (χ1n) is 16.0. The molecule has 13 heteroatoms. The van der Waals surface area contributed by atoms with E-state index in [-0.39, 0.29) is 60.8 Å². The summed E-state index contributed by atoms with van der Waals surface area (Å²) in [5.74, 6) is -2.15. The first-order valence-corrected chi connectivity index (χ1v) is 16.0. The van der Waals surface area contributed by atoms with Crippen LogP contribution in [0.15, 0.2) is 109 Å². The van der Waals surface area contributed by atoms with Crippen molar-refractivity contribution in [3.63, 3.8) is 0 Å². The summed E-state index contributed by atoms with van der Waals surface area (Å²) in [4.78, 5) is 56.2. The van der Waals surface area contributed by atoms with Gasteiger partial charge >= 0.3 is 61.3 Å². The minimum Gasteiger partial charge on any atom is -0.477 e. The summed E-state index contributed by atoms with van der Waals surface area (Å²) < 4.78 is 0. The van der Waals surface area contributed by atoms with Crippen molar-refractivity contribution in [2.24, 2.45) is 0 Å². The van der Waals surface area contributed by atoms with Crippen LogP contribution >= 0.6 is 0 Å². The van der Waals surface area contributed by atoms with Gasteiger partial charge in [0, 0.05) is 39.3 Å². The van der Waals surface area contributed by atoms with Crippen molar-refractivity contribution in [1.29, 1.82) is 0 Å². The van der Waals surface area contributed by atoms with Crippen LogP contribution in [0.4, 0.5) is 0 Å². The Balaban J connectivity index is 0.00000448. The van der Waals surface area contributed by atoms with E-state index in [2.05, 4.69) is 19.8 Å². The second kappa shape index (κ2) is 16.6. The maximum absolute atomic E-state index is 11.6. The van der Waals surface area contributed by atoms with Crippen LogP contribution in [0.2, 0.25) is 0 Å². The zero-order valence-electron chi connectivity index (χ0n) is 27.3.